The number of nitrogens with zero attached hydrogens (tertiary/aromatic N) is 4. The number of amides is 1. The molecular weight excluding hydrogens is 418 g/mol. The molecule has 3 heterocycles. The molecule has 0 spiro atoms. The second-order valence-corrected chi connectivity index (χ2v) is 8.19. The fourth-order valence-electron chi connectivity index (χ4n) is 3.58. The van der Waals surface area contributed by atoms with Gasteiger partial charge in [0.05, 0.1) is 28.7 Å². The third kappa shape index (κ3) is 4.29. The Hall–Kier alpha value is -3.84. The molecule has 0 bridgehead atoms. The smallest absolute Gasteiger partial charge is 0.251 e. The van der Waals surface area contributed by atoms with Crippen LogP contribution >= 0.6 is 11.3 Å². The summed E-state index contributed by atoms with van der Waals surface area (Å²) in [4.78, 5) is 26.5. The number of hydrogen-bond donors (Lipinski definition) is 1. The molecule has 2 aromatic carbocycles. The van der Waals surface area contributed by atoms with E-state index in [1.807, 2.05) is 64.7 Å². The van der Waals surface area contributed by atoms with Crippen LogP contribution < -0.4 is 5.32 Å². The molecule has 5 aromatic rings. The molecule has 7 heteroatoms. The van der Waals surface area contributed by atoms with Crippen molar-refractivity contribution in [1.29, 1.82) is 0 Å². The van der Waals surface area contributed by atoms with E-state index >= 15 is 0 Å². The highest BCUT2D eigenvalue weighted by Gasteiger charge is 2.15. The summed E-state index contributed by atoms with van der Waals surface area (Å²) in [5.41, 5.74) is 5.76. The zero-order chi connectivity index (χ0) is 21.8. The Kier molecular flexibility index (Phi) is 5.72. The lowest BCUT2D eigenvalue weighted by Gasteiger charge is -2.11. The summed E-state index contributed by atoms with van der Waals surface area (Å²) < 4.78 is 1.99. The van der Waals surface area contributed by atoms with Gasteiger partial charge in [0.2, 0.25) is 0 Å². The van der Waals surface area contributed by atoms with Crippen molar-refractivity contribution in [2.24, 2.45) is 0 Å². The van der Waals surface area contributed by atoms with Gasteiger partial charge in [0.1, 0.15) is 0 Å². The second-order valence-electron chi connectivity index (χ2n) is 7.41. The maximum Gasteiger partial charge on any atom is 0.251 e. The topological polar surface area (TPSA) is 72.7 Å². The molecule has 0 atom stereocenters. The average molecular weight is 440 g/mol. The van der Waals surface area contributed by atoms with E-state index in [-0.39, 0.29) is 5.91 Å². The third-order valence-corrected chi connectivity index (χ3v) is 5.89. The fraction of sp³-hybridized carbons (Fsp3) is 0.120. The van der Waals surface area contributed by atoms with E-state index in [9.17, 15) is 4.79 Å². The highest BCUT2D eigenvalue weighted by atomic mass is 32.1. The van der Waals surface area contributed by atoms with Gasteiger partial charge in [-0.1, -0.05) is 30.3 Å². The van der Waals surface area contributed by atoms with Crippen molar-refractivity contribution in [3.05, 3.63) is 89.6 Å². The zero-order valence-corrected chi connectivity index (χ0v) is 18.1. The van der Waals surface area contributed by atoms with E-state index in [1.54, 1.807) is 29.9 Å². The quantitative estimate of drug-likeness (QED) is 0.361. The lowest BCUT2D eigenvalue weighted by molar-refractivity contribution is 0.0953. The minimum Gasteiger partial charge on any atom is -0.352 e. The van der Waals surface area contributed by atoms with Crippen LogP contribution in [-0.4, -0.2) is 32.0 Å². The van der Waals surface area contributed by atoms with Gasteiger partial charge in [-0.2, -0.15) is 11.3 Å². The Morgan fingerprint density at radius 3 is 2.59 bits per heavy atom. The van der Waals surface area contributed by atoms with Gasteiger partial charge in [-0.15, -0.1) is 0 Å². The van der Waals surface area contributed by atoms with Crippen LogP contribution in [0.5, 0.6) is 0 Å². The maximum absolute atomic E-state index is 12.7. The molecule has 0 aliphatic heterocycles. The lowest BCUT2D eigenvalue weighted by Crippen LogP contribution is -2.25. The van der Waals surface area contributed by atoms with Gasteiger partial charge in [0.25, 0.3) is 5.91 Å². The number of nitrogens with one attached hydrogen (secondary N) is 1. The van der Waals surface area contributed by atoms with Crippen LogP contribution in [0, 0.1) is 0 Å². The summed E-state index contributed by atoms with van der Waals surface area (Å²) in [6.07, 6.45) is 6.28. The van der Waals surface area contributed by atoms with Crippen LogP contribution in [-0.2, 0) is 6.54 Å². The van der Waals surface area contributed by atoms with E-state index in [0.717, 1.165) is 41.0 Å². The molecule has 0 fully saturated rings. The number of hydrogen-bond acceptors (Lipinski definition) is 5. The number of carbonyl (C=O) groups is 1. The van der Waals surface area contributed by atoms with Gasteiger partial charge in [-0.25, -0.2) is 15.0 Å². The lowest BCUT2D eigenvalue weighted by atomic mass is 10.1. The molecule has 0 unspecified atom stereocenters. The van der Waals surface area contributed by atoms with Gasteiger partial charge in [-0.3, -0.25) is 4.79 Å². The van der Waals surface area contributed by atoms with Crippen molar-refractivity contribution in [3.63, 3.8) is 0 Å². The van der Waals surface area contributed by atoms with E-state index in [1.165, 1.54) is 0 Å². The first-order chi connectivity index (χ1) is 15.8. The SMILES string of the molecule is O=C(NCCCn1ccnc1)c1ccc2nc(-c3ccccc3)c(-c3ccsc3)nc2c1. The van der Waals surface area contributed by atoms with E-state index in [0.29, 0.717) is 17.6 Å². The molecule has 32 heavy (non-hydrogen) atoms. The molecule has 5 rings (SSSR count). The summed E-state index contributed by atoms with van der Waals surface area (Å²) in [7, 11) is 0. The van der Waals surface area contributed by atoms with Crippen molar-refractivity contribution in [1.82, 2.24) is 24.8 Å². The number of imidazole rings is 1. The first-order valence-corrected chi connectivity index (χ1v) is 11.4. The molecular formula is C25H21N5OS. The van der Waals surface area contributed by atoms with Crippen LogP contribution in [0.15, 0.2) is 84.1 Å². The van der Waals surface area contributed by atoms with E-state index in [4.69, 9.17) is 9.97 Å². The summed E-state index contributed by atoms with van der Waals surface area (Å²) in [5.74, 6) is -0.108. The number of aromatic nitrogens is 4. The molecule has 3 aromatic heterocycles. The Morgan fingerprint density at radius 1 is 0.969 bits per heavy atom. The predicted octanol–water partition coefficient (Wildman–Crippen LogP) is 5.04. The van der Waals surface area contributed by atoms with Crippen LogP contribution in [0.3, 0.4) is 0 Å². The molecule has 0 saturated carbocycles. The molecule has 0 radical (unpaired) electrons. The monoisotopic (exact) mass is 439 g/mol. The summed E-state index contributed by atoms with van der Waals surface area (Å²) in [6, 6.07) is 17.6. The standard InChI is InChI=1S/C25H21N5OS/c31-25(27-10-4-12-30-13-11-26-17-30)19-7-8-21-22(15-19)29-24(20-9-14-32-16-20)23(28-21)18-5-2-1-3-6-18/h1-3,5-9,11,13-17H,4,10,12H2,(H,27,31). The minimum absolute atomic E-state index is 0.108. The molecule has 1 amide bonds. The number of thiophene rings is 1. The minimum atomic E-state index is -0.108. The van der Waals surface area contributed by atoms with Crippen LogP contribution in [0.4, 0.5) is 0 Å². The number of aryl methyl sites for hydroxylation is 1. The van der Waals surface area contributed by atoms with Crippen molar-refractivity contribution >= 4 is 28.3 Å². The Morgan fingerprint density at radius 2 is 1.81 bits per heavy atom. The number of fused-ring (bicyclic) bond motifs is 1. The Balaban J connectivity index is 1.41. The maximum atomic E-state index is 12.7. The fourth-order valence-corrected chi connectivity index (χ4v) is 4.22. The van der Waals surface area contributed by atoms with Gasteiger partial charge in [0, 0.05) is 47.6 Å². The first kappa shape index (κ1) is 20.1. The average Bonchev–Trinajstić information content (AvgIpc) is 3.56. The number of rotatable bonds is 7. The second kappa shape index (κ2) is 9.11. The van der Waals surface area contributed by atoms with Crippen molar-refractivity contribution in [2.75, 3.05) is 6.54 Å². The highest BCUT2D eigenvalue weighted by molar-refractivity contribution is 7.08. The normalized spacial score (nSPS) is 11.0. The first-order valence-electron chi connectivity index (χ1n) is 10.4. The molecule has 0 saturated heterocycles. The van der Waals surface area contributed by atoms with Gasteiger partial charge in [0.15, 0.2) is 0 Å². The number of benzene rings is 2. The number of carbonyl (C=O) groups excluding carboxylic acids is 1. The van der Waals surface area contributed by atoms with Gasteiger partial charge < -0.3 is 9.88 Å². The van der Waals surface area contributed by atoms with Gasteiger partial charge >= 0.3 is 0 Å². The molecule has 0 aliphatic rings. The van der Waals surface area contributed by atoms with Gasteiger partial charge in [-0.05, 0) is 36.1 Å². The summed E-state index contributed by atoms with van der Waals surface area (Å²) >= 11 is 1.62. The highest BCUT2D eigenvalue weighted by Crippen LogP contribution is 2.32. The molecule has 158 valence electrons. The van der Waals surface area contributed by atoms with Crippen LogP contribution in [0.2, 0.25) is 0 Å². The summed E-state index contributed by atoms with van der Waals surface area (Å²) in [6.45, 7) is 1.41. The van der Waals surface area contributed by atoms with Crippen molar-refractivity contribution in [3.8, 4) is 22.5 Å². The Bertz CT molecular complexity index is 1330. The van der Waals surface area contributed by atoms with E-state index in [2.05, 4.69) is 15.7 Å². The molecule has 0 aliphatic carbocycles. The van der Waals surface area contributed by atoms with Crippen molar-refractivity contribution in [2.45, 2.75) is 13.0 Å². The Labute approximate surface area is 189 Å². The summed E-state index contributed by atoms with van der Waals surface area (Å²) in [5, 5.41) is 7.09. The van der Waals surface area contributed by atoms with Crippen molar-refractivity contribution < 1.29 is 4.79 Å². The third-order valence-electron chi connectivity index (χ3n) is 5.21. The van der Waals surface area contributed by atoms with Crippen LogP contribution in [0.25, 0.3) is 33.5 Å². The molecule has 6 nitrogen and oxygen atoms in total. The predicted molar refractivity (Wildman–Crippen MR) is 127 cm³/mol. The largest absolute Gasteiger partial charge is 0.352 e. The zero-order valence-electron chi connectivity index (χ0n) is 17.3. The van der Waals surface area contributed by atoms with Crippen LogP contribution in [0.1, 0.15) is 16.8 Å². The van der Waals surface area contributed by atoms with E-state index < -0.39 is 0 Å². The molecule has 1 N–H and O–H groups in total.